The molecule has 3 rings (SSSR count). The number of hydrogen-bond donors (Lipinski definition) is 1. The second-order valence-electron chi connectivity index (χ2n) is 4.53. The lowest BCUT2D eigenvalue weighted by molar-refractivity contribution is 0.237. The number of imidazole rings is 1. The number of nitrogens with two attached hydrogens (primary N) is 1. The number of rotatable bonds is 2. The number of nitrogens with zero attached hydrogens (tertiary/aromatic N) is 2. The first-order chi connectivity index (χ1) is 7.77. The molecule has 4 heteroatoms. The van der Waals surface area contributed by atoms with Crippen molar-refractivity contribution in [1.82, 2.24) is 9.38 Å². The third kappa shape index (κ3) is 1.22. The predicted octanol–water partition coefficient (Wildman–Crippen LogP) is 2.37. The highest BCUT2D eigenvalue weighted by Crippen LogP contribution is 2.42. The predicted molar refractivity (Wildman–Crippen MR) is 64.8 cm³/mol. The summed E-state index contributed by atoms with van der Waals surface area (Å²) in [5.41, 5.74) is 7.00. The van der Waals surface area contributed by atoms with E-state index in [1.165, 1.54) is 6.42 Å². The van der Waals surface area contributed by atoms with Gasteiger partial charge in [0.05, 0.1) is 11.7 Å². The number of pyridine rings is 1. The minimum Gasteiger partial charge on any atom is -0.329 e. The quantitative estimate of drug-likeness (QED) is 0.813. The van der Waals surface area contributed by atoms with E-state index in [2.05, 4.69) is 4.98 Å². The maximum absolute atomic E-state index is 6.23. The molecule has 0 spiro atoms. The SMILES string of the molecule is NCC1(c2ncc3cccc(Cl)n23)CCC1. The fraction of sp³-hybridized carbons (Fsp3) is 0.417. The van der Waals surface area contributed by atoms with Crippen LogP contribution in [-0.4, -0.2) is 15.9 Å². The molecule has 1 saturated carbocycles. The Hall–Kier alpha value is -1.06. The van der Waals surface area contributed by atoms with Gasteiger partial charge in [0.2, 0.25) is 0 Å². The van der Waals surface area contributed by atoms with E-state index in [-0.39, 0.29) is 5.41 Å². The third-order valence-electron chi connectivity index (χ3n) is 3.68. The summed E-state index contributed by atoms with van der Waals surface area (Å²) in [5.74, 6) is 1.03. The van der Waals surface area contributed by atoms with E-state index in [1.54, 1.807) is 0 Å². The second-order valence-corrected chi connectivity index (χ2v) is 4.92. The Morgan fingerprint density at radius 3 is 2.88 bits per heavy atom. The molecule has 0 unspecified atom stereocenters. The lowest BCUT2D eigenvalue weighted by Gasteiger charge is -2.39. The van der Waals surface area contributed by atoms with Crippen LogP contribution < -0.4 is 5.73 Å². The van der Waals surface area contributed by atoms with Crippen molar-refractivity contribution in [3.8, 4) is 0 Å². The minimum atomic E-state index is 0.0530. The molecular weight excluding hydrogens is 222 g/mol. The molecule has 1 aliphatic rings. The van der Waals surface area contributed by atoms with Crippen molar-refractivity contribution in [3.63, 3.8) is 0 Å². The number of halogens is 1. The topological polar surface area (TPSA) is 43.3 Å². The molecule has 0 bridgehead atoms. The summed E-state index contributed by atoms with van der Waals surface area (Å²) in [5, 5.41) is 0.713. The summed E-state index contributed by atoms with van der Waals surface area (Å²) in [6.07, 6.45) is 5.34. The van der Waals surface area contributed by atoms with Crippen LogP contribution in [0.5, 0.6) is 0 Å². The van der Waals surface area contributed by atoms with Gasteiger partial charge in [-0.25, -0.2) is 4.98 Å². The molecule has 0 atom stereocenters. The van der Waals surface area contributed by atoms with Gasteiger partial charge in [0.1, 0.15) is 11.0 Å². The normalized spacial score (nSPS) is 18.6. The molecule has 1 fully saturated rings. The molecule has 0 aromatic carbocycles. The average Bonchev–Trinajstić information content (AvgIpc) is 2.63. The molecule has 1 aliphatic carbocycles. The van der Waals surface area contributed by atoms with E-state index in [1.807, 2.05) is 28.8 Å². The largest absolute Gasteiger partial charge is 0.329 e. The first kappa shape index (κ1) is 10.1. The highest BCUT2D eigenvalue weighted by Gasteiger charge is 2.41. The smallest absolute Gasteiger partial charge is 0.121 e. The summed E-state index contributed by atoms with van der Waals surface area (Å²) in [4.78, 5) is 4.52. The van der Waals surface area contributed by atoms with E-state index in [0.29, 0.717) is 11.7 Å². The Bertz CT molecular complexity index is 523. The van der Waals surface area contributed by atoms with E-state index in [9.17, 15) is 0 Å². The Kier molecular flexibility index (Phi) is 2.19. The zero-order chi connectivity index (χ0) is 11.2. The van der Waals surface area contributed by atoms with Gasteiger partial charge in [-0.2, -0.15) is 0 Å². The summed E-state index contributed by atoms with van der Waals surface area (Å²) in [6, 6.07) is 5.85. The highest BCUT2D eigenvalue weighted by atomic mass is 35.5. The standard InChI is InChI=1S/C12H14ClN3/c13-10-4-1-3-9-7-15-11(16(9)10)12(8-14)5-2-6-12/h1,3-4,7H,2,5-6,8,14H2. The molecule has 0 saturated heterocycles. The average molecular weight is 236 g/mol. The maximum Gasteiger partial charge on any atom is 0.121 e. The maximum atomic E-state index is 6.23. The van der Waals surface area contributed by atoms with Gasteiger partial charge in [-0.1, -0.05) is 24.1 Å². The minimum absolute atomic E-state index is 0.0530. The van der Waals surface area contributed by atoms with Gasteiger partial charge in [-0.3, -0.25) is 4.40 Å². The van der Waals surface area contributed by atoms with E-state index >= 15 is 0 Å². The lowest BCUT2D eigenvalue weighted by Crippen LogP contribution is -2.43. The number of fused-ring (bicyclic) bond motifs is 1. The molecule has 2 aromatic heterocycles. The van der Waals surface area contributed by atoms with Gasteiger partial charge in [-0.15, -0.1) is 0 Å². The van der Waals surface area contributed by atoms with Gasteiger partial charge in [-0.05, 0) is 25.0 Å². The summed E-state index contributed by atoms with van der Waals surface area (Å²) >= 11 is 6.23. The van der Waals surface area contributed by atoms with Crippen LogP contribution in [0.2, 0.25) is 5.15 Å². The first-order valence-corrected chi connectivity index (χ1v) is 5.97. The van der Waals surface area contributed by atoms with Crippen LogP contribution in [0, 0.1) is 0 Å². The van der Waals surface area contributed by atoms with Crippen LogP contribution >= 0.6 is 11.6 Å². The van der Waals surface area contributed by atoms with Gasteiger partial charge >= 0.3 is 0 Å². The molecular formula is C12H14ClN3. The number of hydrogen-bond acceptors (Lipinski definition) is 2. The highest BCUT2D eigenvalue weighted by molar-refractivity contribution is 6.29. The Balaban J connectivity index is 2.24. The number of aromatic nitrogens is 2. The van der Waals surface area contributed by atoms with Crippen molar-refractivity contribution < 1.29 is 0 Å². The Morgan fingerprint density at radius 1 is 1.44 bits per heavy atom. The van der Waals surface area contributed by atoms with Crippen LogP contribution in [0.25, 0.3) is 5.52 Å². The van der Waals surface area contributed by atoms with E-state index in [4.69, 9.17) is 17.3 Å². The van der Waals surface area contributed by atoms with Crippen LogP contribution in [-0.2, 0) is 5.41 Å². The Morgan fingerprint density at radius 2 is 2.25 bits per heavy atom. The van der Waals surface area contributed by atoms with Crippen LogP contribution in [0.4, 0.5) is 0 Å². The molecule has 2 aromatic rings. The van der Waals surface area contributed by atoms with E-state index < -0.39 is 0 Å². The molecule has 16 heavy (non-hydrogen) atoms. The molecule has 0 radical (unpaired) electrons. The lowest BCUT2D eigenvalue weighted by atomic mass is 9.68. The molecule has 0 aliphatic heterocycles. The van der Waals surface area contributed by atoms with E-state index in [0.717, 1.165) is 24.2 Å². The monoisotopic (exact) mass is 235 g/mol. The molecule has 3 nitrogen and oxygen atoms in total. The summed E-state index contributed by atoms with van der Waals surface area (Å²) in [7, 11) is 0. The Labute approximate surface area is 99.2 Å². The molecule has 0 amide bonds. The van der Waals surface area contributed by atoms with Crippen molar-refractivity contribution in [2.45, 2.75) is 24.7 Å². The molecule has 84 valence electrons. The van der Waals surface area contributed by atoms with Gasteiger partial charge in [0, 0.05) is 12.0 Å². The van der Waals surface area contributed by atoms with Crippen LogP contribution in [0.3, 0.4) is 0 Å². The second kappa shape index (κ2) is 3.47. The van der Waals surface area contributed by atoms with Crippen molar-refractivity contribution >= 4 is 17.1 Å². The zero-order valence-corrected chi connectivity index (χ0v) is 9.74. The van der Waals surface area contributed by atoms with Crippen molar-refractivity contribution in [1.29, 1.82) is 0 Å². The summed E-state index contributed by atoms with van der Waals surface area (Å²) < 4.78 is 2.02. The summed E-state index contributed by atoms with van der Waals surface area (Å²) in [6.45, 7) is 0.650. The zero-order valence-electron chi connectivity index (χ0n) is 8.99. The fourth-order valence-electron chi connectivity index (χ4n) is 2.50. The van der Waals surface area contributed by atoms with Crippen molar-refractivity contribution in [3.05, 3.63) is 35.4 Å². The third-order valence-corrected chi connectivity index (χ3v) is 3.97. The van der Waals surface area contributed by atoms with Crippen molar-refractivity contribution in [2.75, 3.05) is 6.54 Å². The van der Waals surface area contributed by atoms with Crippen molar-refractivity contribution in [2.24, 2.45) is 5.73 Å². The fourth-order valence-corrected chi connectivity index (χ4v) is 2.75. The molecule has 2 N–H and O–H groups in total. The van der Waals surface area contributed by atoms with Gasteiger partial charge < -0.3 is 5.73 Å². The molecule has 2 heterocycles. The first-order valence-electron chi connectivity index (χ1n) is 5.59. The van der Waals surface area contributed by atoms with Gasteiger partial charge in [0.25, 0.3) is 0 Å². The van der Waals surface area contributed by atoms with Crippen LogP contribution in [0.15, 0.2) is 24.4 Å². The van der Waals surface area contributed by atoms with Gasteiger partial charge in [0.15, 0.2) is 0 Å². The van der Waals surface area contributed by atoms with Crippen LogP contribution in [0.1, 0.15) is 25.1 Å².